The molecular formula is C15H11ClFN3. The van der Waals surface area contributed by atoms with Crippen LogP contribution in [0.25, 0.3) is 10.8 Å². The first kappa shape index (κ1) is 12.7. The summed E-state index contributed by atoms with van der Waals surface area (Å²) in [4.78, 5) is 4.11. The Morgan fingerprint density at radius 1 is 1.15 bits per heavy atom. The number of pyridine rings is 1. The fourth-order valence-electron chi connectivity index (χ4n) is 2.04. The summed E-state index contributed by atoms with van der Waals surface area (Å²) in [5.74, 6) is -0.533. The van der Waals surface area contributed by atoms with Gasteiger partial charge in [-0.15, -0.1) is 0 Å². The van der Waals surface area contributed by atoms with Crippen molar-refractivity contribution in [3.8, 4) is 0 Å². The van der Waals surface area contributed by atoms with Gasteiger partial charge in [-0.3, -0.25) is 4.98 Å². The average Bonchev–Trinajstić information content (AvgIpc) is 2.45. The lowest BCUT2D eigenvalue weighted by Crippen LogP contribution is -1.98. The van der Waals surface area contributed by atoms with Gasteiger partial charge in [-0.2, -0.15) is 0 Å². The van der Waals surface area contributed by atoms with E-state index in [2.05, 4.69) is 10.3 Å². The third kappa shape index (κ3) is 2.26. The number of hydrogen-bond donors (Lipinski definition) is 2. The monoisotopic (exact) mass is 287 g/mol. The number of halogens is 2. The molecule has 0 radical (unpaired) electrons. The first-order chi connectivity index (χ1) is 9.65. The first-order valence-corrected chi connectivity index (χ1v) is 6.37. The van der Waals surface area contributed by atoms with Crippen LogP contribution in [0.5, 0.6) is 0 Å². The van der Waals surface area contributed by atoms with Crippen molar-refractivity contribution in [1.82, 2.24) is 4.98 Å². The molecule has 0 unspecified atom stereocenters. The van der Waals surface area contributed by atoms with E-state index in [1.807, 2.05) is 24.3 Å². The van der Waals surface area contributed by atoms with Crippen LogP contribution in [0, 0.1) is 5.82 Å². The van der Waals surface area contributed by atoms with Crippen molar-refractivity contribution in [3.63, 3.8) is 0 Å². The summed E-state index contributed by atoms with van der Waals surface area (Å²) in [6.45, 7) is 0. The molecule has 0 saturated carbocycles. The molecule has 5 heteroatoms. The lowest BCUT2D eigenvalue weighted by Gasteiger charge is -2.12. The third-order valence-electron chi connectivity index (χ3n) is 3.05. The Morgan fingerprint density at radius 3 is 2.85 bits per heavy atom. The van der Waals surface area contributed by atoms with E-state index in [9.17, 15) is 4.39 Å². The maximum Gasteiger partial charge on any atom is 0.143 e. The van der Waals surface area contributed by atoms with Gasteiger partial charge in [0, 0.05) is 29.5 Å². The lowest BCUT2D eigenvalue weighted by molar-refractivity contribution is 0.629. The molecule has 0 bridgehead atoms. The van der Waals surface area contributed by atoms with Crippen LogP contribution in [0.2, 0.25) is 5.02 Å². The highest BCUT2D eigenvalue weighted by atomic mass is 35.5. The largest absolute Gasteiger partial charge is 0.397 e. The molecule has 0 aliphatic heterocycles. The van der Waals surface area contributed by atoms with Gasteiger partial charge < -0.3 is 11.1 Å². The standard InChI is InChI=1S/C15H11ClFN3/c16-11-6-15(13(18)7-12(11)17)20-14-3-1-2-9-4-5-19-8-10(9)14/h1-8,20H,18H2. The minimum absolute atomic E-state index is 0.0278. The maximum absolute atomic E-state index is 13.3. The molecular weight excluding hydrogens is 277 g/mol. The SMILES string of the molecule is Nc1cc(F)c(Cl)cc1Nc1cccc2ccncc12. The van der Waals surface area contributed by atoms with Crippen LogP contribution >= 0.6 is 11.6 Å². The van der Waals surface area contributed by atoms with Crippen molar-refractivity contribution in [2.24, 2.45) is 0 Å². The number of nitrogens with one attached hydrogen (secondary N) is 1. The molecule has 0 amide bonds. The van der Waals surface area contributed by atoms with Crippen LogP contribution in [0.1, 0.15) is 0 Å². The van der Waals surface area contributed by atoms with Crippen molar-refractivity contribution < 1.29 is 4.39 Å². The van der Waals surface area contributed by atoms with Crippen molar-refractivity contribution in [1.29, 1.82) is 0 Å². The van der Waals surface area contributed by atoms with Gasteiger partial charge in [0.1, 0.15) is 5.82 Å². The Hall–Kier alpha value is -2.33. The van der Waals surface area contributed by atoms with Crippen LogP contribution in [-0.2, 0) is 0 Å². The van der Waals surface area contributed by atoms with Gasteiger partial charge in [-0.05, 0) is 23.6 Å². The second-order valence-electron chi connectivity index (χ2n) is 4.38. The van der Waals surface area contributed by atoms with Gasteiger partial charge in [-0.25, -0.2) is 4.39 Å². The number of hydrogen-bond acceptors (Lipinski definition) is 3. The molecule has 0 spiro atoms. The molecule has 0 aliphatic carbocycles. The molecule has 1 aromatic heterocycles. The van der Waals surface area contributed by atoms with Crippen molar-refractivity contribution in [2.45, 2.75) is 0 Å². The molecule has 0 aliphatic rings. The molecule has 0 atom stereocenters. The highest BCUT2D eigenvalue weighted by Crippen LogP contribution is 2.31. The fraction of sp³-hybridized carbons (Fsp3) is 0. The molecule has 1 heterocycles. The summed E-state index contributed by atoms with van der Waals surface area (Å²) >= 11 is 5.79. The Labute approximate surface area is 120 Å². The number of nitrogen functional groups attached to an aromatic ring is 1. The molecule has 2 aromatic carbocycles. The fourth-order valence-corrected chi connectivity index (χ4v) is 2.20. The molecule has 0 saturated heterocycles. The van der Waals surface area contributed by atoms with Gasteiger partial charge in [0.05, 0.1) is 16.4 Å². The van der Waals surface area contributed by atoms with E-state index < -0.39 is 5.82 Å². The summed E-state index contributed by atoms with van der Waals surface area (Å²) < 4.78 is 13.3. The number of fused-ring (bicyclic) bond motifs is 1. The van der Waals surface area contributed by atoms with E-state index in [4.69, 9.17) is 17.3 Å². The summed E-state index contributed by atoms with van der Waals surface area (Å²) in [6, 6.07) is 10.4. The molecule has 3 nitrogen and oxygen atoms in total. The third-order valence-corrected chi connectivity index (χ3v) is 3.34. The van der Waals surface area contributed by atoms with Gasteiger partial charge in [-0.1, -0.05) is 23.7 Å². The number of nitrogens with zero attached hydrogens (tertiary/aromatic N) is 1. The van der Waals surface area contributed by atoms with E-state index in [0.29, 0.717) is 11.4 Å². The molecule has 20 heavy (non-hydrogen) atoms. The number of aromatic nitrogens is 1. The Balaban J connectivity index is 2.08. The molecule has 3 rings (SSSR count). The summed E-state index contributed by atoms with van der Waals surface area (Å²) in [5, 5.41) is 5.20. The van der Waals surface area contributed by atoms with Crippen molar-refractivity contribution in [2.75, 3.05) is 11.1 Å². The van der Waals surface area contributed by atoms with E-state index in [0.717, 1.165) is 16.5 Å². The normalized spacial score (nSPS) is 10.7. The van der Waals surface area contributed by atoms with Crippen LogP contribution < -0.4 is 11.1 Å². The van der Waals surface area contributed by atoms with E-state index in [-0.39, 0.29) is 5.02 Å². The second-order valence-corrected chi connectivity index (χ2v) is 4.79. The van der Waals surface area contributed by atoms with Crippen LogP contribution in [0.15, 0.2) is 48.8 Å². The Bertz CT molecular complexity index is 784. The smallest absolute Gasteiger partial charge is 0.143 e. The van der Waals surface area contributed by atoms with Crippen LogP contribution in [-0.4, -0.2) is 4.98 Å². The zero-order chi connectivity index (χ0) is 14.1. The number of nitrogens with two attached hydrogens (primary N) is 1. The highest BCUT2D eigenvalue weighted by molar-refractivity contribution is 6.31. The number of anilines is 3. The van der Waals surface area contributed by atoms with Crippen molar-refractivity contribution in [3.05, 3.63) is 59.6 Å². The van der Waals surface area contributed by atoms with E-state index in [1.165, 1.54) is 12.1 Å². The molecule has 100 valence electrons. The predicted molar refractivity (Wildman–Crippen MR) is 80.8 cm³/mol. The van der Waals surface area contributed by atoms with Gasteiger partial charge >= 0.3 is 0 Å². The van der Waals surface area contributed by atoms with Gasteiger partial charge in [0.25, 0.3) is 0 Å². The van der Waals surface area contributed by atoms with Crippen LogP contribution in [0.4, 0.5) is 21.5 Å². The molecule has 3 aromatic rings. The van der Waals surface area contributed by atoms with Gasteiger partial charge in [0.15, 0.2) is 0 Å². The lowest BCUT2D eigenvalue weighted by atomic mass is 10.1. The van der Waals surface area contributed by atoms with Crippen LogP contribution in [0.3, 0.4) is 0 Å². The number of rotatable bonds is 2. The predicted octanol–water partition coefficient (Wildman–Crippen LogP) is 4.35. The molecule has 0 fully saturated rings. The summed E-state index contributed by atoms with van der Waals surface area (Å²) in [7, 11) is 0. The zero-order valence-corrected chi connectivity index (χ0v) is 11.2. The summed E-state index contributed by atoms with van der Waals surface area (Å²) in [5.41, 5.74) is 7.50. The molecule has 3 N–H and O–H groups in total. The minimum Gasteiger partial charge on any atom is -0.397 e. The topological polar surface area (TPSA) is 50.9 Å². The van der Waals surface area contributed by atoms with E-state index in [1.54, 1.807) is 12.4 Å². The Morgan fingerprint density at radius 2 is 2.00 bits per heavy atom. The number of benzene rings is 2. The zero-order valence-electron chi connectivity index (χ0n) is 10.4. The first-order valence-electron chi connectivity index (χ1n) is 5.99. The maximum atomic E-state index is 13.3. The minimum atomic E-state index is -0.533. The van der Waals surface area contributed by atoms with Crippen molar-refractivity contribution >= 4 is 39.4 Å². The quantitative estimate of drug-likeness (QED) is 0.689. The summed E-state index contributed by atoms with van der Waals surface area (Å²) in [6.07, 6.45) is 3.49. The van der Waals surface area contributed by atoms with Gasteiger partial charge in [0.2, 0.25) is 0 Å². The van der Waals surface area contributed by atoms with E-state index >= 15 is 0 Å². The Kier molecular flexibility index (Phi) is 3.16. The highest BCUT2D eigenvalue weighted by Gasteiger charge is 2.08. The average molecular weight is 288 g/mol. The second kappa shape index (κ2) is 4.98.